The second kappa shape index (κ2) is 7.43. The molecular formula is C16H14FN3OS2. The molecule has 3 aromatic rings. The summed E-state index contributed by atoms with van der Waals surface area (Å²) in [5.41, 5.74) is 1.76. The number of hydrogen-bond acceptors (Lipinski definition) is 6. The SMILES string of the molecule is COc1ccc(F)cc1CSc1nnc(Nc2ccccc2)s1. The lowest BCUT2D eigenvalue weighted by Gasteiger charge is -2.06. The molecule has 4 nitrogen and oxygen atoms in total. The number of nitrogens with zero attached hydrogens (tertiary/aromatic N) is 2. The smallest absolute Gasteiger partial charge is 0.210 e. The molecule has 0 fully saturated rings. The van der Waals surface area contributed by atoms with Gasteiger partial charge in [0.15, 0.2) is 4.34 Å². The zero-order valence-electron chi connectivity index (χ0n) is 12.3. The lowest BCUT2D eigenvalue weighted by molar-refractivity contribution is 0.410. The van der Waals surface area contributed by atoms with Crippen molar-refractivity contribution >= 4 is 33.9 Å². The fourth-order valence-corrected chi connectivity index (χ4v) is 3.71. The maximum Gasteiger partial charge on any atom is 0.210 e. The number of methoxy groups -OCH3 is 1. The predicted octanol–water partition coefficient (Wildman–Crippen LogP) is 4.72. The first-order valence-corrected chi connectivity index (χ1v) is 8.65. The molecule has 0 atom stereocenters. The second-order valence-electron chi connectivity index (χ2n) is 4.61. The highest BCUT2D eigenvalue weighted by atomic mass is 32.2. The van der Waals surface area contributed by atoms with E-state index in [1.165, 1.54) is 35.2 Å². The summed E-state index contributed by atoms with van der Waals surface area (Å²) in [4.78, 5) is 0. The average molecular weight is 347 g/mol. The minimum absolute atomic E-state index is 0.273. The van der Waals surface area contributed by atoms with Crippen LogP contribution in [0, 0.1) is 5.82 Å². The summed E-state index contributed by atoms with van der Waals surface area (Å²) in [7, 11) is 1.58. The summed E-state index contributed by atoms with van der Waals surface area (Å²) in [6.45, 7) is 0. The van der Waals surface area contributed by atoms with Crippen LogP contribution in [-0.4, -0.2) is 17.3 Å². The van der Waals surface area contributed by atoms with Gasteiger partial charge in [-0.15, -0.1) is 10.2 Å². The molecule has 7 heteroatoms. The minimum Gasteiger partial charge on any atom is -0.496 e. The molecule has 0 aliphatic rings. The van der Waals surface area contributed by atoms with E-state index in [1.807, 2.05) is 30.3 Å². The van der Waals surface area contributed by atoms with Crippen molar-refractivity contribution in [1.29, 1.82) is 0 Å². The zero-order valence-corrected chi connectivity index (χ0v) is 14.0. The van der Waals surface area contributed by atoms with Gasteiger partial charge in [-0.05, 0) is 30.3 Å². The Morgan fingerprint density at radius 2 is 2.00 bits per heavy atom. The van der Waals surface area contributed by atoms with Crippen molar-refractivity contribution in [2.24, 2.45) is 0 Å². The van der Waals surface area contributed by atoms with E-state index in [-0.39, 0.29) is 5.82 Å². The van der Waals surface area contributed by atoms with Crippen LogP contribution in [0.2, 0.25) is 0 Å². The molecule has 2 aromatic carbocycles. The Morgan fingerprint density at radius 3 is 2.78 bits per heavy atom. The van der Waals surface area contributed by atoms with E-state index in [4.69, 9.17) is 4.74 Å². The lowest BCUT2D eigenvalue weighted by atomic mass is 10.2. The summed E-state index contributed by atoms with van der Waals surface area (Å²) in [5.74, 6) is 0.970. The number of benzene rings is 2. The zero-order chi connectivity index (χ0) is 16.1. The van der Waals surface area contributed by atoms with Gasteiger partial charge in [-0.25, -0.2) is 4.39 Å². The van der Waals surface area contributed by atoms with Gasteiger partial charge in [-0.2, -0.15) is 0 Å². The van der Waals surface area contributed by atoms with Crippen LogP contribution in [0.1, 0.15) is 5.56 Å². The molecule has 0 aliphatic carbocycles. The van der Waals surface area contributed by atoms with Crippen molar-refractivity contribution in [1.82, 2.24) is 10.2 Å². The van der Waals surface area contributed by atoms with Gasteiger partial charge in [0.05, 0.1) is 7.11 Å². The quantitative estimate of drug-likeness (QED) is 0.654. The summed E-state index contributed by atoms with van der Waals surface area (Å²) in [6, 6.07) is 14.3. The number of para-hydroxylation sites is 1. The number of nitrogens with one attached hydrogen (secondary N) is 1. The maximum atomic E-state index is 13.4. The molecule has 1 heterocycles. The van der Waals surface area contributed by atoms with E-state index in [1.54, 1.807) is 13.2 Å². The molecule has 23 heavy (non-hydrogen) atoms. The first kappa shape index (κ1) is 15.8. The van der Waals surface area contributed by atoms with Crippen LogP contribution >= 0.6 is 23.1 Å². The van der Waals surface area contributed by atoms with Gasteiger partial charge in [0.2, 0.25) is 5.13 Å². The largest absolute Gasteiger partial charge is 0.496 e. The van der Waals surface area contributed by atoms with E-state index in [2.05, 4.69) is 15.5 Å². The Balaban J connectivity index is 1.64. The first-order valence-electron chi connectivity index (χ1n) is 6.85. The highest BCUT2D eigenvalue weighted by Crippen LogP contribution is 2.32. The van der Waals surface area contributed by atoms with Crippen LogP contribution in [-0.2, 0) is 5.75 Å². The fraction of sp³-hybridized carbons (Fsp3) is 0.125. The minimum atomic E-state index is -0.273. The van der Waals surface area contributed by atoms with Crippen molar-refractivity contribution in [3.8, 4) is 5.75 Å². The number of thioether (sulfide) groups is 1. The van der Waals surface area contributed by atoms with Crippen LogP contribution in [0.5, 0.6) is 5.75 Å². The number of anilines is 2. The van der Waals surface area contributed by atoms with Crippen LogP contribution in [0.25, 0.3) is 0 Å². The monoisotopic (exact) mass is 347 g/mol. The maximum absolute atomic E-state index is 13.4. The standard InChI is InChI=1S/C16H14FN3OS2/c1-21-14-8-7-12(17)9-11(14)10-22-16-20-19-15(23-16)18-13-5-3-2-4-6-13/h2-9H,10H2,1H3,(H,18,19). The molecule has 3 rings (SSSR count). The normalized spacial score (nSPS) is 10.5. The van der Waals surface area contributed by atoms with Gasteiger partial charge in [0.1, 0.15) is 11.6 Å². The van der Waals surface area contributed by atoms with Crippen molar-refractivity contribution in [3.05, 3.63) is 59.9 Å². The molecule has 0 saturated carbocycles. The molecule has 0 saturated heterocycles. The van der Waals surface area contributed by atoms with Crippen molar-refractivity contribution in [2.75, 3.05) is 12.4 Å². The van der Waals surface area contributed by atoms with Gasteiger partial charge in [0.25, 0.3) is 0 Å². The molecular weight excluding hydrogens is 333 g/mol. The first-order chi connectivity index (χ1) is 11.2. The highest BCUT2D eigenvalue weighted by Gasteiger charge is 2.09. The van der Waals surface area contributed by atoms with E-state index >= 15 is 0 Å². The van der Waals surface area contributed by atoms with E-state index in [9.17, 15) is 4.39 Å². The molecule has 0 radical (unpaired) electrons. The van der Waals surface area contributed by atoms with E-state index in [0.29, 0.717) is 11.5 Å². The van der Waals surface area contributed by atoms with Gasteiger partial charge in [0, 0.05) is 17.0 Å². The third kappa shape index (κ3) is 4.20. The molecule has 0 aliphatic heterocycles. The van der Waals surface area contributed by atoms with Crippen LogP contribution < -0.4 is 10.1 Å². The third-order valence-corrected chi connectivity index (χ3v) is 5.05. The number of aromatic nitrogens is 2. The second-order valence-corrected chi connectivity index (χ2v) is 6.81. The highest BCUT2D eigenvalue weighted by molar-refractivity contribution is 8.00. The summed E-state index contributed by atoms with van der Waals surface area (Å²) in [5, 5.41) is 12.2. The van der Waals surface area contributed by atoms with Gasteiger partial charge < -0.3 is 10.1 Å². The lowest BCUT2D eigenvalue weighted by Crippen LogP contribution is -1.91. The Kier molecular flexibility index (Phi) is 5.09. The Hall–Kier alpha value is -2.12. The molecule has 0 bridgehead atoms. The Morgan fingerprint density at radius 1 is 1.17 bits per heavy atom. The molecule has 118 valence electrons. The van der Waals surface area contributed by atoms with Gasteiger partial charge in [-0.3, -0.25) is 0 Å². The molecule has 0 spiro atoms. The van der Waals surface area contributed by atoms with Crippen molar-refractivity contribution in [3.63, 3.8) is 0 Å². The molecule has 1 N–H and O–H groups in total. The molecule has 0 unspecified atom stereocenters. The van der Waals surface area contributed by atoms with E-state index < -0.39 is 0 Å². The molecule has 0 amide bonds. The molecule has 1 aromatic heterocycles. The summed E-state index contributed by atoms with van der Waals surface area (Å²) >= 11 is 2.96. The summed E-state index contributed by atoms with van der Waals surface area (Å²) < 4.78 is 19.4. The Bertz CT molecular complexity index is 780. The topological polar surface area (TPSA) is 47.0 Å². The fourth-order valence-electron chi connectivity index (χ4n) is 1.96. The predicted molar refractivity (Wildman–Crippen MR) is 92.1 cm³/mol. The van der Waals surface area contributed by atoms with Crippen LogP contribution in [0.4, 0.5) is 15.2 Å². The van der Waals surface area contributed by atoms with E-state index in [0.717, 1.165) is 20.7 Å². The number of hydrogen-bond donors (Lipinski definition) is 1. The third-order valence-electron chi connectivity index (χ3n) is 3.03. The number of ether oxygens (including phenoxy) is 1. The summed E-state index contributed by atoms with van der Waals surface area (Å²) in [6.07, 6.45) is 0. The van der Waals surface area contributed by atoms with Crippen LogP contribution in [0.3, 0.4) is 0 Å². The number of rotatable bonds is 6. The van der Waals surface area contributed by atoms with Crippen molar-refractivity contribution in [2.45, 2.75) is 10.1 Å². The Labute approximate surface area is 141 Å². The van der Waals surface area contributed by atoms with Gasteiger partial charge in [-0.1, -0.05) is 41.3 Å². The van der Waals surface area contributed by atoms with Gasteiger partial charge >= 0.3 is 0 Å². The number of halogens is 1. The average Bonchev–Trinajstić information content (AvgIpc) is 3.01. The van der Waals surface area contributed by atoms with Crippen molar-refractivity contribution < 1.29 is 9.13 Å². The van der Waals surface area contributed by atoms with Crippen LogP contribution in [0.15, 0.2) is 52.9 Å².